The van der Waals surface area contributed by atoms with Crippen molar-refractivity contribution in [3.05, 3.63) is 12.7 Å². The number of terminal acetylenes is 1. The highest BCUT2D eigenvalue weighted by Crippen LogP contribution is 2.45. The minimum atomic E-state index is -2.30. The number of aromatic nitrogens is 4. The second kappa shape index (κ2) is 5.10. The Morgan fingerprint density at radius 2 is 2.22 bits per heavy atom. The van der Waals surface area contributed by atoms with Crippen LogP contribution in [0.5, 0.6) is 0 Å². The average molecular weight is 323 g/mol. The van der Waals surface area contributed by atoms with E-state index in [9.17, 15) is 19.7 Å². The monoisotopic (exact) mass is 323 g/mol. The molecule has 0 aliphatic carbocycles. The molecule has 2 aromatic heterocycles. The third-order valence-electron chi connectivity index (χ3n) is 4.00. The van der Waals surface area contributed by atoms with E-state index in [4.69, 9.17) is 16.9 Å². The van der Waals surface area contributed by atoms with Gasteiger partial charge in [-0.05, 0) is 0 Å². The van der Waals surface area contributed by atoms with Gasteiger partial charge in [-0.15, -0.1) is 6.42 Å². The molecule has 1 aliphatic rings. The summed E-state index contributed by atoms with van der Waals surface area (Å²) in [7, 11) is 0. The van der Waals surface area contributed by atoms with Gasteiger partial charge < -0.3 is 25.8 Å². The van der Waals surface area contributed by atoms with Gasteiger partial charge in [0.05, 0.1) is 12.9 Å². The zero-order chi connectivity index (χ0) is 16.8. The van der Waals surface area contributed by atoms with Crippen molar-refractivity contribution in [2.24, 2.45) is 0 Å². The van der Waals surface area contributed by atoms with Crippen molar-refractivity contribution < 1.29 is 24.4 Å². The lowest BCUT2D eigenvalue weighted by atomic mass is 9.87. The van der Waals surface area contributed by atoms with E-state index in [2.05, 4.69) is 15.0 Å². The Bertz CT molecular complexity index is 786. The SMILES string of the molecule is C#C[C@@]1(O)[C@H](O)[C@](CO)(CF)O[C@H]1n1cnc2c(N)ncnc21. The fourth-order valence-electron chi connectivity index (χ4n) is 2.64. The number of ether oxygens (including phenoxy) is 1. The average Bonchev–Trinajstić information content (AvgIpc) is 3.08. The third kappa shape index (κ3) is 1.91. The smallest absolute Gasteiger partial charge is 0.199 e. The number of hydrogen-bond donors (Lipinski definition) is 4. The van der Waals surface area contributed by atoms with Crippen LogP contribution in [0.2, 0.25) is 0 Å². The lowest BCUT2D eigenvalue weighted by Gasteiger charge is -2.28. The van der Waals surface area contributed by atoms with Gasteiger partial charge in [-0.2, -0.15) is 0 Å². The van der Waals surface area contributed by atoms with E-state index < -0.39 is 36.8 Å². The molecule has 23 heavy (non-hydrogen) atoms. The normalized spacial score (nSPS) is 33.9. The summed E-state index contributed by atoms with van der Waals surface area (Å²) in [6, 6.07) is 0. The van der Waals surface area contributed by atoms with Gasteiger partial charge in [0.15, 0.2) is 28.9 Å². The summed E-state index contributed by atoms with van der Waals surface area (Å²) in [6.07, 6.45) is 4.43. The van der Waals surface area contributed by atoms with Crippen LogP contribution in [0.3, 0.4) is 0 Å². The minimum absolute atomic E-state index is 0.0930. The number of aliphatic hydroxyl groups excluding tert-OH is 2. The molecule has 0 amide bonds. The molecule has 122 valence electrons. The summed E-state index contributed by atoms with van der Waals surface area (Å²) in [5.74, 6) is 2.10. The molecule has 0 spiro atoms. The molecule has 2 aromatic rings. The molecule has 3 heterocycles. The van der Waals surface area contributed by atoms with E-state index in [1.807, 2.05) is 5.92 Å². The first kappa shape index (κ1) is 15.6. The summed E-state index contributed by atoms with van der Waals surface area (Å²) >= 11 is 0. The molecule has 10 heteroatoms. The van der Waals surface area contributed by atoms with Crippen molar-refractivity contribution >= 4 is 17.0 Å². The number of halogens is 1. The predicted molar refractivity (Wildman–Crippen MR) is 75.4 cm³/mol. The Labute approximate surface area is 129 Å². The summed E-state index contributed by atoms with van der Waals surface area (Å²) < 4.78 is 20.0. The molecule has 0 unspecified atom stereocenters. The van der Waals surface area contributed by atoms with Crippen LogP contribution in [0, 0.1) is 12.3 Å². The van der Waals surface area contributed by atoms with Crippen LogP contribution < -0.4 is 5.73 Å². The summed E-state index contributed by atoms with van der Waals surface area (Å²) in [5, 5.41) is 30.3. The highest BCUT2D eigenvalue weighted by atomic mass is 19.1. The fourth-order valence-corrected chi connectivity index (χ4v) is 2.64. The zero-order valence-corrected chi connectivity index (χ0v) is 11.8. The van der Waals surface area contributed by atoms with Crippen LogP contribution in [0.15, 0.2) is 12.7 Å². The van der Waals surface area contributed by atoms with Gasteiger partial charge in [0, 0.05) is 0 Å². The Kier molecular flexibility index (Phi) is 3.46. The van der Waals surface area contributed by atoms with Gasteiger partial charge in [-0.3, -0.25) is 4.57 Å². The Hall–Kier alpha value is -2.32. The van der Waals surface area contributed by atoms with Crippen LogP contribution in [0.4, 0.5) is 10.2 Å². The van der Waals surface area contributed by atoms with E-state index in [-0.39, 0.29) is 17.0 Å². The first-order valence-corrected chi connectivity index (χ1v) is 6.59. The summed E-state index contributed by atoms with van der Waals surface area (Å²) in [5.41, 5.74) is 1.73. The van der Waals surface area contributed by atoms with Gasteiger partial charge in [0.2, 0.25) is 0 Å². The number of anilines is 1. The number of nitrogen functional groups attached to an aromatic ring is 1. The van der Waals surface area contributed by atoms with E-state index >= 15 is 0 Å². The number of nitrogens with zero attached hydrogens (tertiary/aromatic N) is 4. The van der Waals surface area contributed by atoms with Crippen molar-refractivity contribution in [2.45, 2.75) is 23.5 Å². The molecule has 1 fully saturated rings. The number of fused-ring (bicyclic) bond motifs is 1. The van der Waals surface area contributed by atoms with Crippen LogP contribution in [-0.4, -0.2) is 65.4 Å². The predicted octanol–water partition coefficient (Wildman–Crippen LogP) is -1.64. The first-order chi connectivity index (χ1) is 10.9. The maximum atomic E-state index is 13.4. The maximum absolute atomic E-state index is 13.4. The Morgan fingerprint density at radius 1 is 1.48 bits per heavy atom. The molecule has 0 saturated carbocycles. The Balaban J connectivity index is 2.18. The van der Waals surface area contributed by atoms with Crippen molar-refractivity contribution in [1.29, 1.82) is 0 Å². The van der Waals surface area contributed by atoms with E-state index in [1.165, 1.54) is 17.2 Å². The standard InChI is InChI=1S/C13H14FN5O4/c1-2-13(22)10(21)12(3-14,4-20)23-11(13)19-6-18-7-8(15)16-5-17-9(7)19/h1,5-6,10-11,20-22H,3-4H2,(H2,15,16,17)/t10-,11-,12-,13-/m1/s1. The molecule has 4 atom stereocenters. The fraction of sp³-hybridized carbons (Fsp3) is 0.462. The van der Waals surface area contributed by atoms with E-state index in [1.54, 1.807) is 0 Å². The van der Waals surface area contributed by atoms with Gasteiger partial charge >= 0.3 is 0 Å². The first-order valence-electron chi connectivity index (χ1n) is 6.59. The molecule has 0 aromatic carbocycles. The topological polar surface area (TPSA) is 140 Å². The molecule has 9 nitrogen and oxygen atoms in total. The van der Waals surface area contributed by atoms with Gasteiger partial charge in [-0.25, -0.2) is 19.3 Å². The minimum Gasteiger partial charge on any atom is -0.393 e. The molecule has 0 radical (unpaired) electrons. The molecule has 3 rings (SSSR count). The van der Waals surface area contributed by atoms with Crippen LogP contribution in [0.25, 0.3) is 11.2 Å². The number of alkyl halides is 1. The van der Waals surface area contributed by atoms with Crippen LogP contribution in [0.1, 0.15) is 6.23 Å². The van der Waals surface area contributed by atoms with Crippen molar-refractivity contribution in [1.82, 2.24) is 19.5 Å². The lowest BCUT2D eigenvalue weighted by molar-refractivity contribution is -0.137. The zero-order valence-electron chi connectivity index (χ0n) is 11.8. The van der Waals surface area contributed by atoms with Gasteiger partial charge in [-0.1, -0.05) is 5.92 Å². The summed E-state index contributed by atoms with van der Waals surface area (Å²) in [4.78, 5) is 11.8. The molecule has 0 bridgehead atoms. The highest BCUT2D eigenvalue weighted by Gasteiger charge is 2.64. The van der Waals surface area contributed by atoms with Gasteiger partial charge in [0.25, 0.3) is 0 Å². The third-order valence-corrected chi connectivity index (χ3v) is 4.00. The van der Waals surface area contributed by atoms with Crippen LogP contribution in [-0.2, 0) is 4.74 Å². The number of hydrogen-bond acceptors (Lipinski definition) is 8. The largest absolute Gasteiger partial charge is 0.393 e. The summed E-state index contributed by atoms with van der Waals surface area (Å²) in [6.45, 7) is -2.14. The maximum Gasteiger partial charge on any atom is 0.199 e. The lowest BCUT2D eigenvalue weighted by Crippen LogP contribution is -2.53. The molecule has 1 saturated heterocycles. The number of aliphatic hydroxyl groups is 3. The number of nitrogens with two attached hydrogens (primary N) is 1. The van der Waals surface area contributed by atoms with Gasteiger partial charge in [0.1, 0.15) is 24.6 Å². The van der Waals surface area contributed by atoms with Crippen molar-refractivity contribution in [2.75, 3.05) is 19.0 Å². The number of imidazole rings is 1. The van der Waals surface area contributed by atoms with Crippen molar-refractivity contribution in [3.8, 4) is 12.3 Å². The second-order valence-electron chi connectivity index (χ2n) is 5.28. The molecule has 5 N–H and O–H groups in total. The Morgan fingerprint density at radius 3 is 2.83 bits per heavy atom. The van der Waals surface area contributed by atoms with Crippen LogP contribution >= 0.6 is 0 Å². The molecular formula is C13H14FN5O4. The highest BCUT2D eigenvalue weighted by molar-refractivity contribution is 5.81. The molecular weight excluding hydrogens is 309 g/mol. The van der Waals surface area contributed by atoms with E-state index in [0.717, 1.165) is 0 Å². The van der Waals surface area contributed by atoms with Crippen molar-refractivity contribution in [3.63, 3.8) is 0 Å². The van der Waals surface area contributed by atoms with E-state index in [0.29, 0.717) is 0 Å². The molecule has 1 aliphatic heterocycles. The quantitative estimate of drug-likeness (QED) is 0.493. The second-order valence-corrected chi connectivity index (χ2v) is 5.28. The number of rotatable bonds is 3.